The summed E-state index contributed by atoms with van der Waals surface area (Å²) < 4.78 is 21.4. The lowest BCUT2D eigenvalue weighted by Gasteiger charge is -2.34. The van der Waals surface area contributed by atoms with Crippen LogP contribution in [0, 0.1) is 5.82 Å². The molecule has 0 spiro atoms. The maximum Gasteiger partial charge on any atom is 0.290 e. The highest BCUT2D eigenvalue weighted by Gasteiger charge is 2.36. The average molecular weight is 426 g/mol. The van der Waals surface area contributed by atoms with Gasteiger partial charge in [0.25, 0.3) is 6.47 Å². The number of carbonyl (C=O) groups excluding carboxylic acids is 1. The number of benzene rings is 2. The minimum atomic E-state index is -0.535. The van der Waals surface area contributed by atoms with Crippen LogP contribution in [0.2, 0.25) is 0 Å². The van der Waals surface area contributed by atoms with Crippen LogP contribution in [0.25, 0.3) is 11.4 Å². The van der Waals surface area contributed by atoms with Crippen molar-refractivity contribution in [3.8, 4) is 11.4 Å². The third-order valence-corrected chi connectivity index (χ3v) is 4.96. The van der Waals surface area contributed by atoms with Crippen LogP contribution in [-0.4, -0.2) is 57.4 Å². The lowest BCUT2D eigenvalue weighted by Crippen LogP contribution is -2.45. The van der Waals surface area contributed by atoms with Gasteiger partial charge in [0.05, 0.1) is 18.7 Å². The number of amides is 1. The monoisotopic (exact) mass is 426 g/mol. The number of aromatic nitrogens is 3. The normalized spacial score (nSPS) is 15.1. The summed E-state index contributed by atoms with van der Waals surface area (Å²) in [5, 5.41) is 15.4. The molecule has 1 aliphatic rings. The first kappa shape index (κ1) is 22.1. The summed E-state index contributed by atoms with van der Waals surface area (Å²) in [4.78, 5) is 23.4. The van der Waals surface area contributed by atoms with Gasteiger partial charge in [-0.3, -0.25) is 14.2 Å². The van der Waals surface area contributed by atoms with Gasteiger partial charge in [0.2, 0.25) is 5.91 Å². The molecule has 0 unspecified atom stereocenters. The molecule has 9 heteroatoms. The molecule has 1 atom stereocenters. The smallest absolute Gasteiger partial charge is 0.290 e. The third-order valence-electron chi connectivity index (χ3n) is 4.96. The van der Waals surface area contributed by atoms with Gasteiger partial charge in [-0.25, -0.2) is 4.39 Å². The summed E-state index contributed by atoms with van der Waals surface area (Å²) in [5.74, 6) is 0.611. The van der Waals surface area contributed by atoms with E-state index in [-0.39, 0.29) is 18.2 Å². The van der Waals surface area contributed by atoms with Crippen molar-refractivity contribution in [2.45, 2.75) is 19.0 Å². The molecule has 31 heavy (non-hydrogen) atoms. The van der Waals surface area contributed by atoms with Crippen LogP contribution in [0.3, 0.4) is 0 Å². The Morgan fingerprint density at radius 3 is 2.52 bits per heavy atom. The summed E-state index contributed by atoms with van der Waals surface area (Å²) in [6, 6.07) is 15.7. The molecule has 0 aliphatic carbocycles. The Morgan fingerprint density at radius 1 is 1.16 bits per heavy atom. The largest absolute Gasteiger partial charge is 0.483 e. The van der Waals surface area contributed by atoms with Gasteiger partial charge in [0.15, 0.2) is 11.6 Å². The quantitative estimate of drug-likeness (QED) is 0.609. The summed E-state index contributed by atoms with van der Waals surface area (Å²) >= 11 is 0. The number of carbonyl (C=O) groups is 2. The van der Waals surface area contributed by atoms with Gasteiger partial charge >= 0.3 is 0 Å². The Balaban J connectivity index is 0.000000858. The summed E-state index contributed by atoms with van der Waals surface area (Å²) in [5.41, 5.74) is 1.37. The number of methoxy groups -OCH3 is 1. The Morgan fingerprint density at radius 2 is 1.84 bits per heavy atom. The van der Waals surface area contributed by atoms with Crippen molar-refractivity contribution in [2.75, 3.05) is 20.3 Å². The van der Waals surface area contributed by atoms with Crippen molar-refractivity contribution in [1.29, 1.82) is 0 Å². The van der Waals surface area contributed by atoms with E-state index in [1.807, 2.05) is 30.3 Å². The van der Waals surface area contributed by atoms with E-state index in [1.165, 1.54) is 6.07 Å². The SMILES string of the molecule is COCCN1Cc2nnc(-c3ccccc3F)n2[C@H](Cc2ccccc2)C1=O.O=CO. The summed E-state index contributed by atoms with van der Waals surface area (Å²) in [6.45, 7) is 0.996. The number of fused-ring (bicyclic) bond motifs is 1. The number of rotatable bonds is 6. The van der Waals surface area contributed by atoms with Crippen molar-refractivity contribution in [2.24, 2.45) is 0 Å². The predicted molar refractivity (Wildman–Crippen MR) is 111 cm³/mol. The topological polar surface area (TPSA) is 97.5 Å². The van der Waals surface area contributed by atoms with Crippen LogP contribution in [0.1, 0.15) is 17.4 Å². The molecule has 2 aromatic carbocycles. The molecule has 4 rings (SSSR count). The summed E-state index contributed by atoms with van der Waals surface area (Å²) in [6.07, 6.45) is 0.482. The zero-order valence-corrected chi connectivity index (χ0v) is 17.0. The zero-order chi connectivity index (χ0) is 22.2. The number of ether oxygens (including phenoxy) is 1. The first-order valence-electron chi connectivity index (χ1n) is 9.68. The number of hydrogen-bond donors (Lipinski definition) is 1. The molecular weight excluding hydrogens is 403 g/mol. The molecule has 0 fully saturated rings. The van der Waals surface area contributed by atoms with Crippen molar-refractivity contribution < 1.29 is 23.8 Å². The number of hydrogen-bond acceptors (Lipinski definition) is 5. The van der Waals surface area contributed by atoms with E-state index in [0.717, 1.165) is 5.56 Å². The number of carboxylic acid groups (broad SMARTS) is 1. The number of nitrogens with zero attached hydrogens (tertiary/aromatic N) is 4. The fourth-order valence-electron chi connectivity index (χ4n) is 3.56. The van der Waals surface area contributed by atoms with Gasteiger partial charge in [0, 0.05) is 20.1 Å². The van der Waals surface area contributed by atoms with Crippen LogP contribution in [-0.2, 0) is 27.3 Å². The molecule has 0 radical (unpaired) electrons. The second-order valence-corrected chi connectivity index (χ2v) is 6.85. The molecule has 2 heterocycles. The highest BCUT2D eigenvalue weighted by molar-refractivity contribution is 5.82. The highest BCUT2D eigenvalue weighted by atomic mass is 19.1. The Hall–Kier alpha value is -3.59. The Labute approximate surface area is 178 Å². The van der Waals surface area contributed by atoms with Gasteiger partial charge in [-0.2, -0.15) is 0 Å². The fourth-order valence-corrected chi connectivity index (χ4v) is 3.56. The van der Waals surface area contributed by atoms with E-state index in [4.69, 9.17) is 14.6 Å². The molecule has 0 bridgehead atoms. The number of halogens is 1. The molecule has 1 N–H and O–H groups in total. The van der Waals surface area contributed by atoms with Crippen molar-refractivity contribution in [3.05, 3.63) is 71.8 Å². The van der Waals surface area contributed by atoms with E-state index >= 15 is 0 Å². The molecule has 1 aromatic heterocycles. The first-order chi connectivity index (χ1) is 15.1. The molecule has 8 nitrogen and oxygen atoms in total. The average Bonchev–Trinajstić information content (AvgIpc) is 3.19. The van der Waals surface area contributed by atoms with Gasteiger partial charge in [-0.15, -0.1) is 10.2 Å². The second kappa shape index (κ2) is 10.4. The van der Waals surface area contributed by atoms with Crippen molar-refractivity contribution in [1.82, 2.24) is 19.7 Å². The minimum absolute atomic E-state index is 0.0363. The van der Waals surface area contributed by atoms with E-state index in [9.17, 15) is 9.18 Å². The van der Waals surface area contributed by atoms with E-state index in [1.54, 1.807) is 34.8 Å². The van der Waals surface area contributed by atoms with Gasteiger partial charge in [0.1, 0.15) is 11.9 Å². The fraction of sp³-hybridized carbons (Fsp3) is 0.273. The molecule has 3 aromatic rings. The van der Waals surface area contributed by atoms with E-state index < -0.39 is 6.04 Å². The van der Waals surface area contributed by atoms with Crippen molar-refractivity contribution in [3.63, 3.8) is 0 Å². The van der Waals surface area contributed by atoms with Crippen LogP contribution in [0.15, 0.2) is 54.6 Å². The minimum Gasteiger partial charge on any atom is -0.483 e. The second-order valence-electron chi connectivity index (χ2n) is 6.85. The molecule has 0 saturated carbocycles. The molecule has 0 saturated heterocycles. The predicted octanol–water partition coefficient (Wildman–Crippen LogP) is 2.56. The molecule has 1 aliphatic heterocycles. The standard InChI is InChI=1S/C21H21FN4O2.CH2O2/c1-28-12-11-25-14-19-23-24-20(16-9-5-6-10-17(16)22)26(19)18(21(25)27)13-15-7-3-2-4-8-15;2-1-3/h2-10,18H,11-14H2,1H3;1H,(H,2,3)/t18-;/m1./s1. The maximum absolute atomic E-state index is 14.4. The molecule has 162 valence electrons. The van der Waals surface area contributed by atoms with Gasteiger partial charge < -0.3 is 14.7 Å². The third kappa shape index (κ3) is 4.95. The Bertz CT molecular complexity index is 1030. The van der Waals surface area contributed by atoms with Crippen LogP contribution < -0.4 is 0 Å². The first-order valence-corrected chi connectivity index (χ1v) is 9.68. The van der Waals surface area contributed by atoms with Crippen LogP contribution >= 0.6 is 0 Å². The van der Waals surface area contributed by atoms with Gasteiger partial charge in [-0.05, 0) is 17.7 Å². The van der Waals surface area contributed by atoms with E-state index in [0.29, 0.717) is 43.3 Å². The summed E-state index contributed by atoms with van der Waals surface area (Å²) in [7, 11) is 1.61. The molecule has 1 amide bonds. The van der Waals surface area contributed by atoms with Crippen LogP contribution in [0.5, 0.6) is 0 Å². The highest BCUT2D eigenvalue weighted by Crippen LogP contribution is 2.31. The van der Waals surface area contributed by atoms with E-state index in [2.05, 4.69) is 10.2 Å². The Kier molecular flexibility index (Phi) is 7.45. The molecular formula is C22H23FN4O4. The van der Waals surface area contributed by atoms with Crippen molar-refractivity contribution >= 4 is 12.4 Å². The lowest BCUT2D eigenvalue weighted by atomic mass is 10.0. The maximum atomic E-state index is 14.4. The van der Waals surface area contributed by atoms with Gasteiger partial charge in [-0.1, -0.05) is 42.5 Å². The zero-order valence-electron chi connectivity index (χ0n) is 17.0. The lowest BCUT2D eigenvalue weighted by molar-refractivity contribution is -0.138. The van der Waals surface area contributed by atoms with Crippen LogP contribution in [0.4, 0.5) is 4.39 Å².